The van der Waals surface area contributed by atoms with Gasteiger partial charge in [-0.25, -0.2) is 13.8 Å². The van der Waals surface area contributed by atoms with Gasteiger partial charge < -0.3 is 19.4 Å². The Morgan fingerprint density at radius 1 is 1.10 bits per heavy atom. The Bertz CT molecular complexity index is 1080. The Morgan fingerprint density at radius 2 is 1.87 bits per heavy atom. The van der Waals surface area contributed by atoms with E-state index in [9.17, 15) is 13.6 Å². The number of ether oxygens (including phenoxy) is 2. The van der Waals surface area contributed by atoms with Gasteiger partial charge in [0.15, 0.2) is 5.82 Å². The maximum atomic E-state index is 12.9. The van der Waals surface area contributed by atoms with Crippen molar-refractivity contribution in [2.24, 2.45) is 0 Å². The summed E-state index contributed by atoms with van der Waals surface area (Å²) in [6.45, 7) is 3.28. The minimum Gasteiger partial charge on any atom is -0.497 e. The number of fused-ring (bicyclic) bond motifs is 1. The molecule has 3 aromatic rings. The van der Waals surface area contributed by atoms with Crippen LogP contribution in [-0.4, -0.2) is 66.1 Å². The van der Waals surface area contributed by atoms with Gasteiger partial charge in [0.2, 0.25) is 0 Å². The van der Waals surface area contributed by atoms with E-state index in [1.807, 2.05) is 18.2 Å². The van der Waals surface area contributed by atoms with Gasteiger partial charge in [0, 0.05) is 43.9 Å². The Kier molecular flexibility index (Phi) is 6.03. The van der Waals surface area contributed by atoms with Gasteiger partial charge in [-0.3, -0.25) is 9.69 Å². The number of amides is 1. The van der Waals surface area contributed by atoms with Crippen molar-refractivity contribution >= 4 is 16.9 Å². The Balaban J connectivity index is 1.40. The van der Waals surface area contributed by atoms with Gasteiger partial charge in [0.05, 0.1) is 25.3 Å². The van der Waals surface area contributed by atoms with E-state index in [2.05, 4.69) is 14.9 Å². The van der Waals surface area contributed by atoms with Gasteiger partial charge in [0.1, 0.15) is 11.5 Å². The van der Waals surface area contributed by atoms with Gasteiger partial charge >= 0.3 is 0 Å². The van der Waals surface area contributed by atoms with Gasteiger partial charge in [-0.2, -0.15) is 0 Å². The molecule has 1 N–H and O–H groups in total. The number of piperazine rings is 1. The molecule has 9 heteroatoms. The number of alkyl halides is 2. The number of H-pyrrole nitrogens is 1. The zero-order valence-electron chi connectivity index (χ0n) is 17.4. The molecule has 1 saturated heterocycles. The van der Waals surface area contributed by atoms with Crippen molar-refractivity contribution < 1.29 is 23.0 Å². The van der Waals surface area contributed by atoms with Crippen LogP contribution in [0, 0.1) is 0 Å². The first-order valence-corrected chi connectivity index (χ1v) is 9.99. The van der Waals surface area contributed by atoms with Crippen LogP contribution in [0.2, 0.25) is 0 Å². The number of rotatable bonds is 6. The van der Waals surface area contributed by atoms with Crippen LogP contribution >= 0.6 is 0 Å². The third-order valence-corrected chi connectivity index (χ3v) is 5.49. The molecule has 2 heterocycles. The standard InChI is InChI=1S/C22H24F2N4O3/c1-30-16-4-6-19(31-2)15(11-16)13-27-7-9-28(10-8-27)22(29)14-3-5-17-18(12-14)26-21(25-17)20(23)24/h3-6,11-12,20H,7-10,13H2,1-2H3,(H,25,26). The van der Waals surface area contributed by atoms with Crippen molar-refractivity contribution in [2.75, 3.05) is 40.4 Å². The molecular formula is C22H24F2N4O3. The fraction of sp³-hybridized carbons (Fsp3) is 0.364. The molecule has 2 aromatic carbocycles. The largest absolute Gasteiger partial charge is 0.497 e. The monoisotopic (exact) mass is 430 g/mol. The van der Waals surface area contributed by atoms with E-state index in [-0.39, 0.29) is 11.7 Å². The second-order valence-electron chi connectivity index (χ2n) is 7.40. The van der Waals surface area contributed by atoms with Crippen LogP contribution < -0.4 is 9.47 Å². The number of carbonyl (C=O) groups is 1. The first-order valence-electron chi connectivity index (χ1n) is 9.99. The van der Waals surface area contributed by atoms with Gasteiger partial charge in [-0.15, -0.1) is 0 Å². The summed E-state index contributed by atoms with van der Waals surface area (Å²) in [6, 6.07) is 10.5. The summed E-state index contributed by atoms with van der Waals surface area (Å²) < 4.78 is 36.5. The Labute approximate surface area is 178 Å². The normalized spacial score (nSPS) is 14.9. The molecule has 0 saturated carbocycles. The van der Waals surface area contributed by atoms with Crippen LogP contribution in [0.1, 0.15) is 28.2 Å². The molecule has 0 spiro atoms. The van der Waals surface area contributed by atoms with E-state index in [4.69, 9.17) is 9.47 Å². The summed E-state index contributed by atoms with van der Waals surface area (Å²) in [5.74, 6) is 1.07. The number of hydrogen-bond donors (Lipinski definition) is 1. The minimum atomic E-state index is -2.68. The number of carbonyl (C=O) groups excluding carboxylic acids is 1. The second-order valence-corrected chi connectivity index (χ2v) is 7.40. The van der Waals surface area contributed by atoms with Crippen LogP contribution in [0.15, 0.2) is 36.4 Å². The highest BCUT2D eigenvalue weighted by molar-refractivity contribution is 5.97. The smallest absolute Gasteiger partial charge is 0.295 e. The van der Waals surface area contributed by atoms with Crippen LogP contribution in [-0.2, 0) is 6.54 Å². The van der Waals surface area contributed by atoms with Crippen LogP contribution in [0.4, 0.5) is 8.78 Å². The quantitative estimate of drug-likeness (QED) is 0.649. The number of methoxy groups -OCH3 is 2. The third-order valence-electron chi connectivity index (χ3n) is 5.49. The average Bonchev–Trinajstić information content (AvgIpc) is 3.23. The van der Waals surface area contributed by atoms with Gasteiger partial charge in [-0.1, -0.05) is 0 Å². The number of aromatic amines is 1. The molecule has 0 radical (unpaired) electrons. The first kappa shape index (κ1) is 21.0. The molecule has 1 amide bonds. The first-order chi connectivity index (χ1) is 15.0. The van der Waals surface area contributed by atoms with E-state index in [0.717, 1.165) is 17.1 Å². The molecule has 1 fully saturated rings. The lowest BCUT2D eigenvalue weighted by Crippen LogP contribution is -2.48. The highest BCUT2D eigenvalue weighted by atomic mass is 19.3. The van der Waals surface area contributed by atoms with Crippen LogP contribution in [0.5, 0.6) is 11.5 Å². The van der Waals surface area contributed by atoms with Crippen LogP contribution in [0.25, 0.3) is 11.0 Å². The number of benzene rings is 2. The number of imidazole rings is 1. The maximum Gasteiger partial charge on any atom is 0.295 e. The molecule has 0 atom stereocenters. The summed E-state index contributed by atoms with van der Waals surface area (Å²) in [4.78, 5) is 23.4. The average molecular weight is 430 g/mol. The fourth-order valence-electron chi connectivity index (χ4n) is 3.80. The van der Waals surface area contributed by atoms with Crippen molar-refractivity contribution in [3.05, 3.63) is 53.3 Å². The molecule has 1 aliphatic rings. The molecule has 0 unspecified atom stereocenters. The summed E-state index contributed by atoms with van der Waals surface area (Å²) in [7, 11) is 3.27. The van der Waals surface area contributed by atoms with E-state index < -0.39 is 6.43 Å². The molecule has 31 heavy (non-hydrogen) atoms. The predicted octanol–water partition coefficient (Wildman–Crippen LogP) is 3.48. The fourth-order valence-corrected chi connectivity index (χ4v) is 3.80. The molecule has 7 nitrogen and oxygen atoms in total. The topological polar surface area (TPSA) is 70.7 Å². The lowest BCUT2D eigenvalue weighted by Gasteiger charge is -2.35. The summed E-state index contributed by atoms with van der Waals surface area (Å²) in [5.41, 5.74) is 2.34. The van der Waals surface area contributed by atoms with Crippen molar-refractivity contribution in [3.63, 3.8) is 0 Å². The molecule has 0 bridgehead atoms. The summed E-state index contributed by atoms with van der Waals surface area (Å²) in [6.07, 6.45) is -2.68. The summed E-state index contributed by atoms with van der Waals surface area (Å²) in [5, 5.41) is 0. The molecule has 0 aliphatic carbocycles. The van der Waals surface area contributed by atoms with Crippen LogP contribution in [0.3, 0.4) is 0 Å². The SMILES string of the molecule is COc1ccc(OC)c(CN2CCN(C(=O)c3ccc4nc(C(F)F)[nH]c4c3)CC2)c1. The highest BCUT2D eigenvalue weighted by Crippen LogP contribution is 2.26. The molecule has 4 rings (SSSR count). The van der Waals surface area contributed by atoms with E-state index in [0.29, 0.717) is 49.3 Å². The zero-order valence-corrected chi connectivity index (χ0v) is 17.4. The maximum absolute atomic E-state index is 12.9. The van der Waals surface area contributed by atoms with Crippen molar-refractivity contribution in [2.45, 2.75) is 13.0 Å². The number of nitrogens with zero attached hydrogens (tertiary/aromatic N) is 3. The molecule has 1 aromatic heterocycles. The van der Waals surface area contributed by atoms with Crippen molar-refractivity contribution in [3.8, 4) is 11.5 Å². The Hall–Kier alpha value is -3.20. The molecule has 164 valence electrons. The predicted molar refractivity (Wildman–Crippen MR) is 112 cm³/mol. The second kappa shape index (κ2) is 8.89. The molecule has 1 aliphatic heterocycles. The van der Waals surface area contributed by atoms with E-state index in [1.54, 1.807) is 37.3 Å². The van der Waals surface area contributed by atoms with Crippen molar-refractivity contribution in [1.82, 2.24) is 19.8 Å². The van der Waals surface area contributed by atoms with Crippen molar-refractivity contribution in [1.29, 1.82) is 0 Å². The third kappa shape index (κ3) is 4.46. The number of hydrogen-bond acceptors (Lipinski definition) is 5. The highest BCUT2D eigenvalue weighted by Gasteiger charge is 2.24. The molecular weight excluding hydrogens is 406 g/mol. The lowest BCUT2D eigenvalue weighted by molar-refractivity contribution is 0.0627. The zero-order chi connectivity index (χ0) is 22.0. The summed E-state index contributed by atoms with van der Waals surface area (Å²) >= 11 is 0. The Morgan fingerprint density at radius 3 is 2.55 bits per heavy atom. The van der Waals surface area contributed by atoms with Gasteiger partial charge in [-0.05, 0) is 36.4 Å². The van der Waals surface area contributed by atoms with E-state index >= 15 is 0 Å². The minimum absolute atomic E-state index is 0.117. The van der Waals surface area contributed by atoms with E-state index in [1.165, 1.54) is 0 Å². The number of nitrogens with one attached hydrogen (secondary N) is 1. The van der Waals surface area contributed by atoms with Gasteiger partial charge in [0.25, 0.3) is 12.3 Å². The lowest BCUT2D eigenvalue weighted by atomic mass is 10.1. The number of aromatic nitrogens is 2. The number of halogens is 2.